The lowest BCUT2D eigenvalue weighted by Crippen LogP contribution is -2.44. The van der Waals surface area contributed by atoms with Crippen LogP contribution in [0.1, 0.15) is 49.9 Å². The van der Waals surface area contributed by atoms with Gasteiger partial charge in [-0.05, 0) is 41.4 Å². The van der Waals surface area contributed by atoms with E-state index in [9.17, 15) is 0 Å². The van der Waals surface area contributed by atoms with E-state index in [1.54, 1.807) is 7.11 Å². The van der Waals surface area contributed by atoms with Crippen LogP contribution < -0.4 is 11.3 Å². The normalized spacial score (nSPS) is 18.2. The highest BCUT2D eigenvalue weighted by Gasteiger charge is 2.33. The molecule has 2 atom stereocenters. The minimum atomic E-state index is 0.0240. The zero-order chi connectivity index (χ0) is 14.0. The van der Waals surface area contributed by atoms with Crippen LogP contribution >= 0.6 is 0 Å². The van der Waals surface area contributed by atoms with Gasteiger partial charge in [0.2, 0.25) is 0 Å². The van der Waals surface area contributed by atoms with Gasteiger partial charge in [-0.15, -0.1) is 0 Å². The van der Waals surface area contributed by atoms with Crippen LogP contribution in [0, 0.1) is 5.41 Å². The Kier molecular flexibility index (Phi) is 4.29. The number of hydrazine groups is 1. The molecule has 0 aliphatic heterocycles. The smallest absolute Gasteiger partial charge is 0.0827 e. The van der Waals surface area contributed by atoms with Gasteiger partial charge >= 0.3 is 0 Å². The third-order valence-corrected chi connectivity index (χ3v) is 4.07. The van der Waals surface area contributed by atoms with Gasteiger partial charge in [0.1, 0.15) is 0 Å². The topological polar surface area (TPSA) is 47.3 Å². The van der Waals surface area contributed by atoms with Gasteiger partial charge in [0, 0.05) is 7.11 Å². The summed E-state index contributed by atoms with van der Waals surface area (Å²) in [5.41, 5.74) is 7.17. The molecule has 3 N–H and O–H groups in total. The lowest BCUT2D eigenvalue weighted by atomic mass is 9.82. The molecule has 1 aromatic carbocycles. The van der Waals surface area contributed by atoms with Gasteiger partial charge in [-0.2, -0.15) is 0 Å². The molecule has 1 aliphatic carbocycles. The molecule has 0 amide bonds. The van der Waals surface area contributed by atoms with Gasteiger partial charge in [-0.25, -0.2) is 0 Å². The summed E-state index contributed by atoms with van der Waals surface area (Å²) in [5, 5.41) is 0. The van der Waals surface area contributed by atoms with Crippen molar-refractivity contribution in [3.8, 4) is 0 Å². The van der Waals surface area contributed by atoms with E-state index in [1.807, 2.05) is 0 Å². The van der Waals surface area contributed by atoms with Crippen molar-refractivity contribution in [1.82, 2.24) is 5.43 Å². The van der Waals surface area contributed by atoms with E-state index in [1.165, 1.54) is 36.0 Å². The van der Waals surface area contributed by atoms with E-state index in [0.29, 0.717) is 0 Å². The molecule has 3 nitrogen and oxygen atoms in total. The van der Waals surface area contributed by atoms with Crippen molar-refractivity contribution in [2.24, 2.45) is 11.3 Å². The van der Waals surface area contributed by atoms with E-state index in [4.69, 9.17) is 10.6 Å². The van der Waals surface area contributed by atoms with Gasteiger partial charge in [0.05, 0.1) is 12.1 Å². The van der Waals surface area contributed by atoms with Crippen LogP contribution in [-0.4, -0.2) is 13.2 Å². The summed E-state index contributed by atoms with van der Waals surface area (Å²) in [6.07, 6.45) is 3.71. The Balaban J connectivity index is 2.31. The Labute approximate surface area is 116 Å². The molecule has 1 aromatic rings. The van der Waals surface area contributed by atoms with Crippen molar-refractivity contribution >= 4 is 0 Å². The first-order valence-corrected chi connectivity index (χ1v) is 7.08. The van der Waals surface area contributed by atoms with Crippen molar-refractivity contribution in [1.29, 1.82) is 0 Å². The van der Waals surface area contributed by atoms with Crippen molar-refractivity contribution in [3.05, 3.63) is 34.9 Å². The first kappa shape index (κ1) is 14.5. The predicted molar refractivity (Wildman–Crippen MR) is 78.8 cm³/mol. The Morgan fingerprint density at radius 3 is 2.47 bits per heavy atom. The second-order valence-electron chi connectivity index (χ2n) is 6.55. The number of methoxy groups -OCH3 is 1. The van der Waals surface area contributed by atoms with E-state index < -0.39 is 0 Å². The summed E-state index contributed by atoms with van der Waals surface area (Å²) in [4.78, 5) is 0. The lowest BCUT2D eigenvalue weighted by Gasteiger charge is -2.36. The number of nitrogens with two attached hydrogens (primary N) is 1. The number of fused-ring (bicyclic) bond motifs is 1. The van der Waals surface area contributed by atoms with E-state index >= 15 is 0 Å². The molecule has 0 aromatic heterocycles. The highest BCUT2D eigenvalue weighted by Crippen LogP contribution is 2.34. The van der Waals surface area contributed by atoms with Gasteiger partial charge in [0.25, 0.3) is 0 Å². The number of hydrogen-bond donors (Lipinski definition) is 2. The third-order valence-electron chi connectivity index (χ3n) is 4.07. The summed E-state index contributed by atoms with van der Waals surface area (Å²) < 4.78 is 5.70. The molecule has 0 bridgehead atoms. The molecule has 0 fully saturated rings. The van der Waals surface area contributed by atoms with Gasteiger partial charge in [0.15, 0.2) is 0 Å². The van der Waals surface area contributed by atoms with Crippen LogP contribution in [0.2, 0.25) is 0 Å². The SMILES string of the molecule is COC(C(NN)c1ccc2c(c1)CCC2)C(C)(C)C. The minimum Gasteiger partial charge on any atom is -0.379 e. The fourth-order valence-electron chi connectivity index (χ4n) is 3.13. The molecule has 106 valence electrons. The second kappa shape index (κ2) is 5.61. The summed E-state index contributed by atoms with van der Waals surface area (Å²) in [5.74, 6) is 5.79. The van der Waals surface area contributed by atoms with Gasteiger partial charge in [-0.1, -0.05) is 39.0 Å². The van der Waals surface area contributed by atoms with Crippen molar-refractivity contribution < 1.29 is 4.74 Å². The molecule has 3 heteroatoms. The number of ether oxygens (including phenoxy) is 1. The molecular formula is C16H26N2O. The van der Waals surface area contributed by atoms with Crippen LogP contribution in [0.25, 0.3) is 0 Å². The fourth-order valence-corrected chi connectivity index (χ4v) is 3.13. The van der Waals surface area contributed by atoms with Crippen molar-refractivity contribution in [2.45, 2.75) is 52.2 Å². The van der Waals surface area contributed by atoms with Crippen LogP contribution in [-0.2, 0) is 17.6 Å². The predicted octanol–water partition coefficient (Wildman–Crippen LogP) is 2.74. The lowest BCUT2D eigenvalue weighted by molar-refractivity contribution is -0.0120. The average Bonchev–Trinajstić information content (AvgIpc) is 2.81. The molecule has 0 saturated carbocycles. The Bertz CT molecular complexity index is 437. The summed E-state index contributed by atoms with van der Waals surface area (Å²) in [6, 6.07) is 6.75. The highest BCUT2D eigenvalue weighted by atomic mass is 16.5. The molecule has 2 rings (SSSR count). The maximum atomic E-state index is 5.79. The van der Waals surface area contributed by atoms with Crippen LogP contribution in [0.5, 0.6) is 0 Å². The molecule has 1 aliphatic rings. The molecule has 0 radical (unpaired) electrons. The van der Waals surface area contributed by atoms with E-state index in [-0.39, 0.29) is 17.6 Å². The summed E-state index contributed by atoms with van der Waals surface area (Å²) >= 11 is 0. The first-order chi connectivity index (χ1) is 8.97. The van der Waals surface area contributed by atoms with Crippen LogP contribution in [0.3, 0.4) is 0 Å². The number of aryl methyl sites for hydroxylation is 2. The van der Waals surface area contributed by atoms with Crippen LogP contribution in [0.4, 0.5) is 0 Å². The summed E-state index contributed by atoms with van der Waals surface area (Å²) in [7, 11) is 1.76. The highest BCUT2D eigenvalue weighted by molar-refractivity contribution is 5.37. The molecule has 2 unspecified atom stereocenters. The van der Waals surface area contributed by atoms with E-state index in [0.717, 1.165) is 0 Å². The molecule has 0 spiro atoms. The Hall–Kier alpha value is -0.900. The molecule has 19 heavy (non-hydrogen) atoms. The largest absolute Gasteiger partial charge is 0.379 e. The van der Waals surface area contributed by atoms with Crippen LogP contribution in [0.15, 0.2) is 18.2 Å². The Morgan fingerprint density at radius 1 is 1.21 bits per heavy atom. The number of hydrogen-bond acceptors (Lipinski definition) is 3. The summed E-state index contributed by atoms with van der Waals surface area (Å²) in [6.45, 7) is 6.54. The maximum Gasteiger partial charge on any atom is 0.0827 e. The van der Waals surface area contributed by atoms with Crippen molar-refractivity contribution in [3.63, 3.8) is 0 Å². The standard InChI is InChI=1S/C16H26N2O/c1-16(2,3)15(19-4)14(18-17)13-9-8-11-6-5-7-12(11)10-13/h8-10,14-15,18H,5-7,17H2,1-4H3. The van der Waals surface area contributed by atoms with Gasteiger partial charge < -0.3 is 4.74 Å². The zero-order valence-electron chi connectivity index (χ0n) is 12.5. The zero-order valence-corrected chi connectivity index (χ0v) is 12.5. The molecule has 0 saturated heterocycles. The maximum absolute atomic E-state index is 5.79. The van der Waals surface area contributed by atoms with E-state index in [2.05, 4.69) is 44.4 Å². The molecule has 0 heterocycles. The number of nitrogens with one attached hydrogen (secondary N) is 1. The fraction of sp³-hybridized carbons (Fsp3) is 0.625. The third kappa shape index (κ3) is 2.99. The monoisotopic (exact) mass is 262 g/mol. The Morgan fingerprint density at radius 2 is 1.89 bits per heavy atom. The first-order valence-electron chi connectivity index (χ1n) is 7.08. The minimum absolute atomic E-state index is 0.0240. The molecular weight excluding hydrogens is 236 g/mol. The van der Waals surface area contributed by atoms with Crippen molar-refractivity contribution in [2.75, 3.05) is 7.11 Å². The number of benzene rings is 1. The second-order valence-corrected chi connectivity index (χ2v) is 6.55. The quantitative estimate of drug-likeness (QED) is 0.648. The van der Waals surface area contributed by atoms with Gasteiger partial charge in [-0.3, -0.25) is 11.3 Å². The average molecular weight is 262 g/mol. The number of rotatable bonds is 4.